The molecule has 162 valence electrons. The molecule has 4 N–H and O–H groups in total. The number of nitrogens with zero attached hydrogens (tertiary/aromatic N) is 4. The number of aryl methyl sites for hydroxylation is 1. The lowest BCUT2D eigenvalue weighted by Gasteiger charge is -2.25. The molecule has 2 aromatic heterocycles. The average Bonchev–Trinajstić information content (AvgIpc) is 3.35. The van der Waals surface area contributed by atoms with Gasteiger partial charge in [-0.05, 0) is 66.2 Å². The second kappa shape index (κ2) is 9.11. The molecule has 4 rings (SSSR count). The third kappa shape index (κ3) is 4.91. The summed E-state index contributed by atoms with van der Waals surface area (Å²) in [5.74, 6) is 5.57. The van der Waals surface area contributed by atoms with Crippen LogP contribution in [0, 0.1) is 12.8 Å². The van der Waals surface area contributed by atoms with Gasteiger partial charge in [0.2, 0.25) is 5.91 Å². The molecule has 1 saturated heterocycles. The van der Waals surface area contributed by atoms with E-state index in [9.17, 15) is 9.59 Å². The minimum Gasteiger partial charge on any atom is -0.324 e. The standard InChI is InChI=1S/C21H24BrN7O2/c1-12-18(27-21(31)20(28-23)17-5-3-14(22)8-25-17)7-15(9-24-12)26-19(30)11-29-10-13-2-4-16(29)6-13/h3,5,7-9,13,16H,2,4,6,10-11,23H2,1H3,(H,26,30)(H,27,31). The Hall–Kier alpha value is -2.85. The van der Waals surface area contributed by atoms with Crippen molar-refractivity contribution in [1.29, 1.82) is 0 Å². The molecule has 0 spiro atoms. The Balaban J connectivity index is 1.41. The fourth-order valence-corrected chi connectivity index (χ4v) is 4.51. The zero-order valence-electron chi connectivity index (χ0n) is 17.1. The Kier molecular flexibility index (Phi) is 6.28. The zero-order valence-corrected chi connectivity index (χ0v) is 18.7. The van der Waals surface area contributed by atoms with E-state index in [0.717, 1.165) is 16.9 Å². The summed E-state index contributed by atoms with van der Waals surface area (Å²) < 4.78 is 0.776. The normalized spacial score (nSPS) is 20.6. The third-order valence-electron chi connectivity index (χ3n) is 5.80. The van der Waals surface area contributed by atoms with Crippen molar-refractivity contribution in [3.05, 3.63) is 46.5 Å². The highest BCUT2D eigenvalue weighted by molar-refractivity contribution is 9.10. The molecule has 0 aromatic carbocycles. The van der Waals surface area contributed by atoms with Crippen molar-refractivity contribution in [2.45, 2.75) is 32.2 Å². The van der Waals surface area contributed by atoms with Crippen molar-refractivity contribution in [2.24, 2.45) is 16.9 Å². The lowest BCUT2D eigenvalue weighted by Crippen LogP contribution is -2.38. The van der Waals surface area contributed by atoms with Gasteiger partial charge in [0.1, 0.15) is 0 Å². The number of anilines is 2. The van der Waals surface area contributed by atoms with Crippen molar-refractivity contribution in [2.75, 3.05) is 23.7 Å². The Morgan fingerprint density at radius 2 is 2.10 bits per heavy atom. The molecule has 2 unspecified atom stereocenters. The second-order valence-electron chi connectivity index (χ2n) is 7.96. The number of piperidine rings is 1. The fourth-order valence-electron chi connectivity index (χ4n) is 4.27. The highest BCUT2D eigenvalue weighted by Gasteiger charge is 2.38. The van der Waals surface area contributed by atoms with Gasteiger partial charge in [-0.25, -0.2) is 0 Å². The fraction of sp³-hybridized carbons (Fsp3) is 0.381. The molecule has 1 aliphatic heterocycles. The number of halogens is 1. The first-order chi connectivity index (χ1) is 14.9. The van der Waals surface area contributed by atoms with Crippen molar-refractivity contribution in [3.63, 3.8) is 0 Å². The summed E-state index contributed by atoms with van der Waals surface area (Å²) in [6.45, 7) is 3.13. The number of nitrogens with two attached hydrogens (primary N) is 1. The van der Waals surface area contributed by atoms with Crippen molar-refractivity contribution in [3.8, 4) is 0 Å². The van der Waals surface area contributed by atoms with Crippen molar-refractivity contribution < 1.29 is 9.59 Å². The Labute approximate surface area is 188 Å². The van der Waals surface area contributed by atoms with Gasteiger partial charge in [-0.1, -0.05) is 0 Å². The molecule has 2 atom stereocenters. The number of aromatic nitrogens is 2. The van der Waals surface area contributed by atoms with Crippen LogP contribution in [0.25, 0.3) is 0 Å². The molecule has 2 bridgehead atoms. The molecule has 2 aromatic rings. The number of carbonyl (C=O) groups excluding carboxylic acids is 2. The second-order valence-corrected chi connectivity index (χ2v) is 8.88. The maximum absolute atomic E-state index is 12.7. The molecule has 31 heavy (non-hydrogen) atoms. The van der Waals surface area contributed by atoms with Gasteiger partial charge in [-0.3, -0.25) is 24.5 Å². The number of amides is 2. The first-order valence-corrected chi connectivity index (χ1v) is 10.9. The molecule has 1 saturated carbocycles. The van der Waals surface area contributed by atoms with Crippen LogP contribution in [0.3, 0.4) is 0 Å². The summed E-state index contributed by atoms with van der Waals surface area (Å²) in [5.41, 5.74) is 1.91. The van der Waals surface area contributed by atoms with E-state index >= 15 is 0 Å². The van der Waals surface area contributed by atoms with Crippen LogP contribution in [0.5, 0.6) is 0 Å². The largest absolute Gasteiger partial charge is 0.324 e. The first-order valence-electron chi connectivity index (χ1n) is 10.1. The predicted molar refractivity (Wildman–Crippen MR) is 122 cm³/mol. The minimum absolute atomic E-state index is 0.00887. The van der Waals surface area contributed by atoms with E-state index in [0.29, 0.717) is 35.3 Å². The smallest absolute Gasteiger partial charge is 0.278 e. The van der Waals surface area contributed by atoms with Gasteiger partial charge in [-0.15, -0.1) is 0 Å². The number of fused-ring (bicyclic) bond motifs is 2. The van der Waals surface area contributed by atoms with Crippen molar-refractivity contribution in [1.82, 2.24) is 14.9 Å². The van der Waals surface area contributed by atoms with E-state index in [-0.39, 0.29) is 11.6 Å². The van der Waals surface area contributed by atoms with Crippen molar-refractivity contribution >= 4 is 44.8 Å². The molecule has 3 heterocycles. The number of pyridine rings is 2. The molecule has 2 amide bonds. The van der Waals surface area contributed by atoms with Crippen LogP contribution >= 0.6 is 15.9 Å². The van der Waals surface area contributed by atoms with Gasteiger partial charge < -0.3 is 16.5 Å². The number of nitrogens with one attached hydrogen (secondary N) is 2. The van der Waals surface area contributed by atoms with Crippen LogP contribution < -0.4 is 16.5 Å². The van der Waals surface area contributed by atoms with Gasteiger partial charge in [0.15, 0.2) is 5.71 Å². The number of hydrogen-bond donors (Lipinski definition) is 3. The van der Waals surface area contributed by atoms with Gasteiger partial charge in [-0.2, -0.15) is 5.10 Å². The summed E-state index contributed by atoms with van der Waals surface area (Å²) in [5, 5.41) is 9.23. The van der Waals surface area contributed by atoms with Crippen LogP contribution in [0.15, 0.2) is 40.2 Å². The van der Waals surface area contributed by atoms with Crippen LogP contribution in [0.1, 0.15) is 30.7 Å². The minimum atomic E-state index is -0.515. The molecular formula is C21H24BrN7O2. The van der Waals surface area contributed by atoms with Gasteiger partial charge in [0, 0.05) is 23.3 Å². The molecule has 9 nitrogen and oxygen atoms in total. The lowest BCUT2D eigenvalue weighted by molar-refractivity contribution is -0.117. The zero-order chi connectivity index (χ0) is 22.0. The first kappa shape index (κ1) is 21.4. The van der Waals surface area contributed by atoms with Crippen LogP contribution in [0.2, 0.25) is 0 Å². The van der Waals surface area contributed by atoms with Crippen LogP contribution in [-0.2, 0) is 9.59 Å². The molecule has 2 aliphatic rings. The quantitative estimate of drug-likeness (QED) is 0.327. The van der Waals surface area contributed by atoms with Crippen LogP contribution in [-0.4, -0.2) is 51.5 Å². The molecule has 10 heteroatoms. The maximum Gasteiger partial charge on any atom is 0.278 e. The van der Waals surface area contributed by atoms with E-state index < -0.39 is 5.91 Å². The number of carbonyl (C=O) groups is 2. The van der Waals surface area contributed by atoms with Gasteiger partial charge >= 0.3 is 0 Å². The molecule has 2 fully saturated rings. The van der Waals surface area contributed by atoms with Gasteiger partial charge in [0.25, 0.3) is 5.91 Å². The van der Waals surface area contributed by atoms with E-state index in [1.54, 1.807) is 37.5 Å². The summed E-state index contributed by atoms with van der Waals surface area (Å²) in [4.78, 5) is 35.9. The van der Waals surface area contributed by atoms with E-state index in [4.69, 9.17) is 5.84 Å². The van der Waals surface area contributed by atoms with Gasteiger partial charge in [0.05, 0.1) is 35.5 Å². The van der Waals surface area contributed by atoms with Crippen LogP contribution in [0.4, 0.5) is 11.4 Å². The van der Waals surface area contributed by atoms with E-state index in [1.807, 2.05) is 0 Å². The highest BCUT2D eigenvalue weighted by atomic mass is 79.9. The summed E-state index contributed by atoms with van der Waals surface area (Å²) in [7, 11) is 0. The number of rotatable bonds is 6. The number of likely N-dealkylation sites (tertiary alicyclic amines) is 1. The third-order valence-corrected chi connectivity index (χ3v) is 6.27. The molecular weight excluding hydrogens is 462 g/mol. The highest BCUT2D eigenvalue weighted by Crippen LogP contribution is 2.37. The SMILES string of the molecule is Cc1ncc(NC(=O)CN2CC3CCC2C3)cc1NC(=O)C(=NN)c1ccc(Br)cn1. The van der Waals surface area contributed by atoms with E-state index in [1.165, 1.54) is 19.3 Å². The number of hydrazone groups is 1. The topological polar surface area (TPSA) is 126 Å². The average molecular weight is 486 g/mol. The lowest BCUT2D eigenvalue weighted by atomic mass is 10.1. The summed E-state index contributed by atoms with van der Waals surface area (Å²) in [6, 6.07) is 5.60. The summed E-state index contributed by atoms with van der Waals surface area (Å²) >= 11 is 3.30. The maximum atomic E-state index is 12.7. The Morgan fingerprint density at radius 1 is 1.26 bits per heavy atom. The number of hydrogen-bond acceptors (Lipinski definition) is 7. The summed E-state index contributed by atoms with van der Waals surface area (Å²) in [6.07, 6.45) is 6.79. The Bertz CT molecular complexity index is 1020. The Morgan fingerprint density at radius 3 is 2.74 bits per heavy atom. The molecule has 0 radical (unpaired) electrons. The van der Waals surface area contributed by atoms with E-state index in [2.05, 4.69) is 46.5 Å². The molecule has 1 aliphatic carbocycles. The predicted octanol–water partition coefficient (Wildman–Crippen LogP) is 2.27. The monoisotopic (exact) mass is 485 g/mol.